The quantitative estimate of drug-likeness (QED) is 0.551. The van der Waals surface area contributed by atoms with Crippen molar-refractivity contribution in [2.75, 3.05) is 19.4 Å². The van der Waals surface area contributed by atoms with Crippen LogP contribution < -0.4 is 0 Å². The van der Waals surface area contributed by atoms with Gasteiger partial charge in [-0.05, 0) is 30.5 Å². The highest BCUT2D eigenvalue weighted by atomic mass is 32.2. The van der Waals surface area contributed by atoms with E-state index in [0.717, 1.165) is 11.8 Å². The molecule has 1 saturated heterocycles. The molecular formula is C16H19N3O5S. The summed E-state index contributed by atoms with van der Waals surface area (Å²) < 4.78 is 32.8. The lowest BCUT2D eigenvalue weighted by Crippen LogP contribution is -2.37. The molecule has 8 nitrogen and oxygen atoms in total. The average molecular weight is 365 g/mol. The molecule has 2 heterocycles. The summed E-state index contributed by atoms with van der Waals surface area (Å²) in [4.78, 5) is 17.6. The van der Waals surface area contributed by atoms with Gasteiger partial charge in [0.1, 0.15) is 18.4 Å². The number of hydrogen-bond donors (Lipinski definition) is 0. The Morgan fingerprint density at radius 1 is 1.60 bits per heavy atom. The Morgan fingerprint density at radius 3 is 3.00 bits per heavy atom. The zero-order valence-electron chi connectivity index (χ0n) is 13.8. The topological polar surface area (TPSA) is 110 Å². The zero-order chi connectivity index (χ0) is 18.4. The Kier molecular flexibility index (Phi) is 6.12. The molecule has 1 aromatic heterocycles. The predicted octanol–water partition coefficient (Wildman–Crippen LogP) is 1.24. The number of nitriles is 1. The third-order valence-corrected chi connectivity index (χ3v) is 4.28. The van der Waals surface area contributed by atoms with Crippen molar-refractivity contribution >= 4 is 16.2 Å². The van der Waals surface area contributed by atoms with Crippen molar-refractivity contribution in [3.63, 3.8) is 0 Å². The number of nitrogens with zero attached hydrogens (tertiary/aromatic N) is 3. The maximum atomic E-state index is 12.2. The van der Waals surface area contributed by atoms with E-state index in [0.29, 0.717) is 12.8 Å². The summed E-state index contributed by atoms with van der Waals surface area (Å²) in [5, 5.41) is 8.94. The van der Waals surface area contributed by atoms with Gasteiger partial charge in [-0.15, -0.1) is 0 Å². The molecule has 0 radical (unpaired) electrons. The molecule has 1 amide bonds. The number of ether oxygens (including phenoxy) is 1. The van der Waals surface area contributed by atoms with Crippen LogP contribution in [-0.4, -0.2) is 55.9 Å². The molecule has 9 heteroatoms. The minimum Gasteiger partial charge on any atom is -0.445 e. The molecule has 25 heavy (non-hydrogen) atoms. The summed E-state index contributed by atoms with van der Waals surface area (Å²) in [6.45, 7) is 3.67. The molecule has 0 N–H and O–H groups in total. The van der Waals surface area contributed by atoms with E-state index in [2.05, 4.69) is 11.6 Å². The highest BCUT2D eigenvalue weighted by Gasteiger charge is 2.38. The van der Waals surface area contributed by atoms with Crippen molar-refractivity contribution in [3.8, 4) is 6.07 Å². The summed E-state index contributed by atoms with van der Waals surface area (Å²) >= 11 is 0. The second-order valence-electron chi connectivity index (χ2n) is 5.70. The van der Waals surface area contributed by atoms with E-state index >= 15 is 0 Å². The number of rotatable bonds is 6. The van der Waals surface area contributed by atoms with Crippen molar-refractivity contribution in [2.24, 2.45) is 0 Å². The van der Waals surface area contributed by atoms with E-state index in [4.69, 9.17) is 14.2 Å². The molecule has 1 fully saturated rings. The molecule has 1 aromatic rings. The Balaban J connectivity index is 2.16. The smallest absolute Gasteiger partial charge is 0.410 e. The van der Waals surface area contributed by atoms with E-state index in [-0.39, 0.29) is 24.9 Å². The Bertz CT molecular complexity index is 787. The van der Waals surface area contributed by atoms with Crippen LogP contribution in [0.3, 0.4) is 0 Å². The van der Waals surface area contributed by atoms with Crippen LogP contribution in [0.25, 0.3) is 0 Å². The molecule has 1 aliphatic heterocycles. The number of pyridine rings is 1. The first-order chi connectivity index (χ1) is 11.8. The van der Waals surface area contributed by atoms with Crippen LogP contribution in [0.1, 0.15) is 17.7 Å². The SMILES string of the molecule is C=CCOC(=O)N1CC(OS(C)(=O)=O)CC1Cc1ccnc(C#N)c1. The molecule has 2 rings (SSSR count). The van der Waals surface area contributed by atoms with Crippen LogP contribution in [0.2, 0.25) is 0 Å². The van der Waals surface area contributed by atoms with Gasteiger partial charge in [-0.3, -0.25) is 4.18 Å². The predicted molar refractivity (Wildman–Crippen MR) is 89.0 cm³/mol. The first kappa shape index (κ1) is 18.9. The summed E-state index contributed by atoms with van der Waals surface area (Å²) in [6.07, 6.45) is 3.55. The first-order valence-electron chi connectivity index (χ1n) is 7.60. The van der Waals surface area contributed by atoms with Gasteiger partial charge >= 0.3 is 6.09 Å². The van der Waals surface area contributed by atoms with Crippen LogP contribution >= 0.6 is 0 Å². The lowest BCUT2D eigenvalue weighted by atomic mass is 10.0. The third kappa shape index (κ3) is 5.55. The molecule has 2 unspecified atom stereocenters. The van der Waals surface area contributed by atoms with Gasteiger partial charge in [-0.1, -0.05) is 12.7 Å². The zero-order valence-corrected chi connectivity index (χ0v) is 14.6. The van der Waals surface area contributed by atoms with Crippen molar-refractivity contribution < 1.29 is 22.1 Å². The van der Waals surface area contributed by atoms with E-state index in [9.17, 15) is 13.2 Å². The van der Waals surface area contributed by atoms with E-state index in [1.54, 1.807) is 12.1 Å². The van der Waals surface area contributed by atoms with Gasteiger partial charge in [0, 0.05) is 12.2 Å². The minimum atomic E-state index is -3.63. The Labute approximate surface area is 146 Å². The highest BCUT2D eigenvalue weighted by Crippen LogP contribution is 2.25. The minimum absolute atomic E-state index is 0.0630. The van der Waals surface area contributed by atoms with Crippen molar-refractivity contribution in [1.82, 2.24) is 9.88 Å². The van der Waals surface area contributed by atoms with Gasteiger partial charge in [-0.2, -0.15) is 13.7 Å². The third-order valence-electron chi connectivity index (χ3n) is 3.66. The average Bonchev–Trinajstić information content (AvgIpc) is 2.93. The Morgan fingerprint density at radius 2 is 2.36 bits per heavy atom. The summed E-state index contributed by atoms with van der Waals surface area (Å²) in [5.41, 5.74) is 1.10. The second-order valence-corrected chi connectivity index (χ2v) is 7.30. The van der Waals surface area contributed by atoms with Crippen LogP contribution in [0.5, 0.6) is 0 Å². The van der Waals surface area contributed by atoms with Crippen LogP contribution in [0, 0.1) is 11.3 Å². The first-order valence-corrected chi connectivity index (χ1v) is 9.41. The van der Waals surface area contributed by atoms with E-state index in [1.165, 1.54) is 17.2 Å². The van der Waals surface area contributed by atoms with Crippen LogP contribution in [0.15, 0.2) is 31.0 Å². The molecule has 0 aliphatic carbocycles. The van der Waals surface area contributed by atoms with Crippen LogP contribution in [-0.2, 0) is 25.5 Å². The number of carbonyl (C=O) groups excluding carboxylic acids is 1. The monoisotopic (exact) mass is 365 g/mol. The largest absolute Gasteiger partial charge is 0.445 e. The van der Waals surface area contributed by atoms with E-state index < -0.39 is 22.3 Å². The lowest BCUT2D eigenvalue weighted by Gasteiger charge is -2.23. The second kappa shape index (κ2) is 8.09. The normalized spacial score (nSPS) is 20.1. The van der Waals surface area contributed by atoms with Crippen molar-refractivity contribution in [2.45, 2.75) is 25.0 Å². The number of hydrogen-bond acceptors (Lipinski definition) is 7. The van der Waals surface area contributed by atoms with Gasteiger partial charge in [0.2, 0.25) is 0 Å². The fourth-order valence-corrected chi connectivity index (χ4v) is 3.39. The van der Waals surface area contributed by atoms with Crippen molar-refractivity contribution in [1.29, 1.82) is 5.26 Å². The maximum Gasteiger partial charge on any atom is 0.410 e. The molecule has 0 saturated carbocycles. The lowest BCUT2D eigenvalue weighted by molar-refractivity contribution is 0.104. The molecule has 0 bridgehead atoms. The molecule has 2 atom stereocenters. The van der Waals surface area contributed by atoms with Gasteiger partial charge in [0.05, 0.1) is 18.9 Å². The molecular weight excluding hydrogens is 346 g/mol. The van der Waals surface area contributed by atoms with Gasteiger partial charge in [-0.25, -0.2) is 9.78 Å². The van der Waals surface area contributed by atoms with Crippen LogP contribution in [0.4, 0.5) is 4.79 Å². The number of likely N-dealkylation sites (tertiary alicyclic amines) is 1. The fraction of sp³-hybridized carbons (Fsp3) is 0.438. The van der Waals surface area contributed by atoms with Gasteiger partial charge in [0.15, 0.2) is 0 Å². The molecule has 0 spiro atoms. The maximum absolute atomic E-state index is 12.2. The van der Waals surface area contributed by atoms with Gasteiger partial charge < -0.3 is 9.64 Å². The fourth-order valence-electron chi connectivity index (χ4n) is 2.76. The van der Waals surface area contributed by atoms with Gasteiger partial charge in [0.25, 0.3) is 10.1 Å². The standard InChI is InChI=1S/C16H19N3O5S/c1-3-6-23-16(20)19-11-15(24-25(2,21)22)9-14(19)8-12-4-5-18-13(7-12)10-17/h3-5,7,14-15H,1,6,8-9,11H2,2H3. The number of amides is 1. The highest BCUT2D eigenvalue weighted by molar-refractivity contribution is 7.86. The number of carbonyl (C=O) groups is 1. The molecule has 134 valence electrons. The molecule has 1 aliphatic rings. The molecule has 0 aromatic carbocycles. The number of aromatic nitrogens is 1. The van der Waals surface area contributed by atoms with E-state index in [1.807, 2.05) is 6.07 Å². The summed E-state index contributed by atoms with van der Waals surface area (Å²) in [6, 6.07) is 5.04. The summed E-state index contributed by atoms with van der Waals surface area (Å²) in [5.74, 6) is 0. The summed E-state index contributed by atoms with van der Waals surface area (Å²) in [7, 11) is -3.63. The Hall–Kier alpha value is -2.44. The van der Waals surface area contributed by atoms with Crippen molar-refractivity contribution in [3.05, 3.63) is 42.2 Å².